The summed E-state index contributed by atoms with van der Waals surface area (Å²) in [6, 6.07) is 17.9. The third-order valence-electron chi connectivity index (χ3n) is 6.29. The SMILES string of the molecule is O=CC1C(CCOc2ccc(F)cc2)C(c2ccc(OCC(=O)NCC(=O)O)cc2)N1c1ccc(F)cc1. The van der Waals surface area contributed by atoms with Crippen molar-refractivity contribution in [3.05, 3.63) is 90.0 Å². The van der Waals surface area contributed by atoms with Gasteiger partial charge in [-0.1, -0.05) is 12.1 Å². The maximum atomic E-state index is 13.6. The van der Waals surface area contributed by atoms with E-state index in [-0.39, 0.29) is 30.2 Å². The van der Waals surface area contributed by atoms with Gasteiger partial charge in [-0.15, -0.1) is 0 Å². The Morgan fingerprint density at radius 3 is 2.08 bits per heavy atom. The van der Waals surface area contributed by atoms with Gasteiger partial charge in [-0.3, -0.25) is 9.59 Å². The number of benzene rings is 3. The number of aldehydes is 1. The van der Waals surface area contributed by atoms with E-state index in [9.17, 15) is 23.2 Å². The third-order valence-corrected chi connectivity index (χ3v) is 6.29. The number of hydrogen-bond donors (Lipinski definition) is 2. The Labute approximate surface area is 217 Å². The maximum Gasteiger partial charge on any atom is 0.322 e. The Morgan fingerprint density at radius 2 is 1.47 bits per heavy atom. The number of carboxylic acids is 1. The summed E-state index contributed by atoms with van der Waals surface area (Å²) in [6.07, 6.45) is 1.40. The topological polar surface area (TPSA) is 105 Å². The highest BCUT2D eigenvalue weighted by Gasteiger charge is 2.48. The zero-order valence-corrected chi connectivity index (χ0v) is 20.3. The molecule has 198 valence electrons. The van der Waals surface area contributed by atoms with Crippen LogP contribution < -0.4 is 19.7 Å². The van der Waals surface area contributed by atoms with Gasteiger partial charge in [0.25, 0.3) is 5.91 Å². The number of nitrogens with one attached hydrogen (secondary N) is 1. The summed E-state index contributed by atoms with van der Waals surface area (Å²) >= 11 is 0. The van der Waals surface area contributed by atoms with Gasteiger partial charge in [-0.2, -0.15) is 0 Å². The number of hydrogen-bond acceptors (Lipinski definition) is 6. The molecule has 3 unspecified atom stereocenters. The van der Waals surface area contributed by atoms with E-state index in [0.717, 1.165) is 11.8 Å². The van der Waals surface area contributed by atoms with Crippen molar-refractivity contribution in [2.45, 2.75) is 18.5 Å². The molecular formula is C28H26F2N2O6. The zero-order valence-electron chi connectivity index (χ0n) is 20.3. The molecule has 0 aromatic heterocycles. The maximum absolute atomic E-state index is 13.6. The van der Waals surface area contributed by atoms with E-state index in [0.29, 0.717) is 30.2 Å². The predicted octanol–water partition coefficient (Wildman–Crippen LogP) is 3.76. The molecular weight excluding hydrogens is 498 g/mol. The minimum absolute atomic E-state index is 0.119. The van der Waals surface area contributed by atoms with Gasteiger partial charge in [0.05, 0.1) is 18.7 Å². The van der Waals surface area contributed by atoms with Crippen LogP contribution in [0.5, 0.6) is 11.5 Å². The second-order valence-electron chi connectivity index (χ2n) is 8.74. The highest BCUT2D eigenvalue weighted by atomic mass is 19.1. The van der Waals surface area contributed by atoms with Gasteiger partial charge in [-0.25, -0.2) is 8.78 Å². The minimum atomic E-state index is -1.15. The van der Waals surface area contributed by atoms with Crippen molar-refractivity contribution in [1.29, 1.82) is 0 Å². The van der Waals surface area contributed by atoms with Crippen LogP contribution in [0.15, 0.2) is 72.8 Å². The first-order valence-electron chi connectivity index (χ1n) is 11.9. The summed E-state index contributed by atoms with van der Waals surface area (Å²) in [5.74, 6) is -1.64. The highest BCUT2D eigenvalue weighted by molar-refractivity contribution is 5.82. The van der Waals surface area contributed by atoms with Crippen LogP contribution >= 0.6 is 0 Å². The molecule has 1 aliphatic rings. The van der Waals surface area contributed by atoms with Gasteiger partial charge < -0.3 is 29.6 Å². The van der Waals surface area contributed by atoms with Gasteiger partial charge in [0.15, 0.2) is 6.61 Å². The summed E-state index contributed by atoms with van der Waals surface area (Å²) in [6.45, 7) is -0.526. The lowest BCUT2D eigenvalue weighted by Gasteiger charge is -2.55. The summed E-state index contributed by atoms with van der Waals surface area (Å²) in [5, 5.41) is 10.9. The average Bonchev–Trinajstić information content (AvgIpc) is 2.90. The number of carbonyl (C=O) groups excluding carboxylic acids is 2. The molecule has 1 saturated heterocycles. The summed E-state index contributed by atoms with van der Waals surface area (Å²) in [4.78, 5) is 36.3. The van der Waals surface area contributed by atoms with Gasteiger partial charge >= 0.3 is 5.97 Å². The first-order valence-corrected chi connectivity index (χ1v) is 11.9. The van der Waals surface area contributed by atoms with Crippen molar-refractivity contribution >= 4 is 23.9 Å². The second-order valence-corrected chi connectivity index (χ2v) is 8.74. The lowest BCUT2D eigenvalue weighted by molar-refractivity contribution is -0.138. The minimum Gasteiger partial charge on any atom is -0.494 e. The molecule has 2 N–H and O–H groups in total. The molecule has 3 aromatic rings. The summed E-state index contributed by atoms with van der Waals surface area (Å²) in [5.41, 5.74) is 1.57. The van der Waals surface area contributed by atoms with E-state index in [2.05, 4.69) is 5.32 Å². The number of nitrogens with zero attached hydrogens (tertiary/aromatic N) is 1. The smallest absolute Gasteiger partial charge is 0.322 e. The first-order chi connectivity index (χ1) is 18.4. The fourth-order valence-corrected chi connectivity index (χ4v) is 4.51. The van der Waals surface area contributed by atoms with E-state index in [1.54, 1.807) is 24.3 Å². The van der Waals surface area contributed by atoms with Crippen LogP contribution in [0.1, 0.15) is 18.0 Å². The lowest BCUT2D eigenvalue weighted by atomic mass is 9.74. The molecule has 1 heterocycles. The number of carbonyl (C=O) groups is 3. The third kappa shape index (κ3) is 6.44. The Bertz CT molecular complexity index is 1250. The monoisotopic (exact) mass is 524 g/mol. The van der Waals surface area contributed by atoms with Crippen LogP contribution in [0.25, 0.3) is 0 Å². The molecule has 4 rings (SSSR count). The average molecular weight is 525 g/mol. The molecule has 1 amide bonds. The van der Waals surface area contributed by atoms with Gasteiger partial charge in [0, 0.05) is 11.6 Å². The molecule has 38 heavy (non-hydrogen) atoms. The quantitative estimate of drug-likeness (QED) is 0.348. The molecule has 1 fully saturated rings. The number of amides is 1. The Hall–Kier alpha value is -4.47. The highest BCUT2D eigenvalue weighted by Crippen LogP contribution is 2.48. The van der Waals surface area contributed by atoms with Gasteiger partial charge in [-0.05, 0) is 72.6 Å². The standard InChI is InChI=1S/C28H26F2N2O6/c29-19-3-7-21(8-4-19)32-25(16-33)24(13-14-37-22-11-5-20(30)6-12-22)28(32)18-1-9-23(10-2-18)38-17-26(34)31-15-27(35)36/h1-12,16,24-25,28H,13-15,17H2,(H,31,34)(H,35,36). The number of rotatable bonds is 12. The molecule has 0 radical (unpaired) electrons. The van der Waals surface area contributed by atoms with Crippen molar-refractivity contribution in [1.82, 2.24) is 5.32 Å². The van der Waals surface area contributed by atoms with Crippen LogP contribution in [-0.2, 0) is 14.4 Å². The molecule has 3 atom stereocenters. The van der Waals surface area contributed by atoms with E-state index < -0.39 is 24.5 Å². The molecule has 1 aliphatic heterocycles. The van der Waals surface area contributed by atoms with Crippen molar-refractivity contribution in [3.8, 4) is 11.5 Å². The van der Waals surface area contributed by atoms with Crippen LogP contribution in [0.2, 0.25) is 0 Å². The molecule has 10 heteroatoms. The second kappa shape index (κ2) is 12.2. The molecule has 8 nitrogen and oxygen atoms in total. The number of halogens is 2. The fourth-order valence-electron chi connectivity index (χ4n) is 4.51. The van der Waals surface area contributed by atoms with Crippen molar-refractivity contribution in [3.63, 3.8) is 0 Å². The van der Waals surface area contributed by atoms with Crippen LogP contribution in [0.3, 0.4) is 0 Å². The van der Waals surface area contributed by atoms with Crippen LogP contribution in [0.4, 0.5) is 14.5 Å². The normalized spacial score (nSPS) is 18.3. The van der Waals surface area contributed by atoms with Crippen molar-refractivity contribution in [2.24, 2.45) is 5.92 Å². The largest absolute Gasteiger partial charge is 0.494 e. The van der Waals surface area contributed by atoms with E-state index in [1.807, 2.05) is 17.0 Å². The van der Waals surface area contributed by atoms with Gasteiger partial charge in [0.1, 0.15) is 36.0 Å². The molecule has 0 aliphatic carbocycles. The molecule has 3 aromatic carbocycles. The van der Waals surface area contributed by atoms with Gasteiger partial charge in [0.2, 0.25) is 0 Å². The van der Waals surface area contributed by atoms with E-state index >= 15 is 0 Å². The Kier molecular flexibility index (Phi) is 8.52. The first kappa shape index (κ1) is 26.6. The zero-order chi connectivity index (χ0) is 27.1. The number of aliphatic carboxylic acids is 1. The van der Waals surface area contributed by atoms with Crippen LogP contribution in [0, 0.1) is 17.6 Å². The Morgan fingerprint density at radius 1 is 0.895 bits per heavy atom. The van der Waals surface area contributed by atoms with E-state index in [4.69, 9.17) is 14.6 Å². The predicted molar refractivity (Wildman–Crippen MR) is 134 cm³/mol. The molecule has 0 bridgehead atoms. The fraction of sp³-hybridized carbons (Fsp3) is 0.250. The lowest BCUT2D eigenvalue weighted by Crippen LogP contribution is -2.60. The van der Waals surface area contributed by atoms with Crippen LogP contribution in [-0.4, -0.2) is 49.1 Å². The van der Waals surface area contributed by atoms with E-state index in [1.165, 1.54) is 36.4 Å². The van der Waals surface area contributed by atoms with Crippen molar-refractivity contribution < 1.29 is 37.7 Å². The summed E-state index contributed by atoms with van der Waals surface area (Å²) in [7, 11) is 0. The molecule has 0 spiro atoms. The number of ether oxygens (including phenoxy) is 2. The Balaban J connectivity index is 1.47. The number of carboxylic acid groups (broad SMARTS) is 1. The number of anilines is 1. The van der Waals surface area contributed by atoms with Crippen molar-refractivity contribution in [2.75, 3.05) is 24.7 Å². The molecule has 0 saturated carbocycles. The summed E-state index contributed by atoms with van der Waals surface area (Å²) < 4.78 is 37.9.